The van der Waals surface area contributed by atoms with E-state index in [4.69, 9.17) is 4.74 Å². The molecule has 1 rings (SSSR count). The molecule has 90 valence electrons. The van der Waals surface area contributed by atoms with Crippen molar-refractivity contribution < 1.29 is 22.3 Å². The molecule has 0 aliphatic carbocycles. The van der Waals surface area contributed by atoms with Crippen LogP contribution in [0.25, 0.3) is 0 Å². The number of ether oxygens (including phenoxy) is 1. The van der Waals surface area contributed by atoms with E-state index in [-0.39, 0.29) is 23.2 Å². The minimum Gasteiger partial charge on any atom is -0.492 e. The van der Waals surface area contributed by atoms with E-state index in [1.165, 1.54) is 6.07 Å². The molecule has 0 amide bonds. The zero-order chi connectivity index (χ0) is 12.2. The molecule has 0 bridgehead atoms. The highest BCUT2D eigenvalue weighted by Gasteiger charge is 2.30. The van der Waals surface area contributed by atoms with Gasteiger partial charge in [-0.1, -0.05) is 0 Å². The number of alkyl halides is 4. The Hall–Kier alpha value is -0.780. The lowest BCUT2D eigenvalue weighted by Gasteiger charge is -2.10. The summed E-state index contributed by atoms with van der Waals surface area (Å²) in [5, 5.41) is 0. The molecule has 16 heavy (non-hydrogen) atoms. The molecular formula is C10H9BrF4O. The maximum Gasteiger partial charge on any atom is 0.416 e. The van der Waals surface area contributed by atoms with Crippen molar-refractivity contribution in [3.63, 3.8) is 0 Å². The fourth-order valence-corrected chi connectivity index (χ4v) is 1.52. The predicted octanol–water partition coefficient (Wildman–Crippen LogP) is 4.21. The first kappa shape index (κ1) is 13.3. The summed E-state index contributed by atoms with van der Waals surface area (Å²) >= 11 is 2.97. The molecule has 0 unspecified atom stereocenters. The summed E-state index contributed by atoms with van der Waals surface area (Å²) < 4.78 is 54.0. The van der Waals surface area contributed by atoms with Gasteiger partial charge in [0.1, 0.15) is 5.75 Å². The maximum absolute atomic E-state index is 12.3. The standard InChI is InChI=1S/C10H9BrF4O/c11-8-6-7(10(13,14)15)2-3-9(8)16-5-1-4-12/h2-3,6H,1,4-5H2. The van der Waals surface area contributed by atoms with Crippen molar-refractivity contribution in [2.45, 2.75) is 12.6 Å². The lowest BCUT2D eigenvalue weighted by Crippen LogP contribution is -2.05. The minimum atomic E-state index is -4.38. The molecule has 0 saturated carbocycles. The van der Waals surface area contributed by atoms with E-state index in [0.29, 0.717) is 0 Å². The van der Waals surface area contributed by atoms with E-state index in [1.54, 1.807) is 0 Å². The Labute approximate surface area is 98.5 Å². The van der Waals surface area contributed by atoms with Crippen LogP contribution in [0, 0.1) is 0 Å². The third kappa shape index (κ3) is 3.66. The van der Waals surface area contributed by atoms with Crippen molar-refractivity contribution in [2.24, 2.45) is 0 Å². The quantitative estimate of drug-likeness (QED) is 0.598. The second-order valence-electron chi connectivity index (χ2n) is 3.03. The molecular weight excluding hydrogens is 292 g/mol. The number of benzene rings is 1. The van der Waals surface area contributed by atoms with Gasteiger partial charge < -0.3 is 4.74 Å². The fourth-order valence-electron chi connectivity index (χ4n) is 1.03. The molecule has 0 aliphatic heterocycles. The van der Waals surface area contributed by atoms with Crippen LogP contribution in [0.2, 0.25) is 0 Å². The van der Waals surface area contributed by atoms with Gasteiger partial charge in [0.15, 0.2) is 0 Å². The molecule has 0 radical (unpaired) electrons. The van der Waals surface area contributed by atoms with Crippen molar-refractivity contribution in [1.29, 1.82) is 0 Å². The van der Waals surface area contributed by atoms with E-state index >= 15 is 0 Å². The van der Waals surface area contributed by atoms with Gasteiger partial charge in [-0.2, -0.15) is 13.2 Å². The van der Waals surface area contributed by atoms with Crippen molar-refractivity contribution >= 4 is 15.9 Å². The van der Waals surface area contributed by atoms with Gasteiger partial charge in [-0.25, -0.2) is 0 Å². The van der Waals surface area contributed by atoms with Gasteiger partial charge >= 0.3 is 6.18 Å². The Bertz CT molecular complexity index is 351. The Kier molecular flexibility index (Phi) is 4.58. The first-order valence-electron chi connectivity index (χ1n) is 4.50. The monoisotopic (exact) mass is 300 g/mol. The van der Waals surface area contributed by atoms with Crippen LogP contribution in [0.5, 0.6) is 5.75 Å². The van der Waals surface area contributed by atoms with Gasteiger partial charge in [-0.05, 0) is 34.1 Å². The highest BCUT2D eigenvalue weighted by Crippen LogP contribution is 2.34. The van der Waals surface area contributed by atoms with Gasteiger partial charge in [0.2, 0.25) is 0 Å². The van der Waals surface area contributed by atoms with Crippen molar-refractivity contribution in [2.75, 3.05) is 13.3 Å². The minimum absolute atomic E-state index is 0.139. The lowest BCUT2D eigenvalue weighted by atomic mass is 10.2. The van der Waals surface area contributed by atoms with Gasteiger partial charge in [0.25, 0.3) is 0 Å². The molecule has 0 fully saturated rings. The van der Waals surface area contributed by atoms with Crippen molar-refractivity contribution in [3.8, 4) is 5.75 Å². The summed E-state index contributed by atoms with van der Waals surface area (Å²) in [6.07, 6.45) is -4.16. The molecule has 6 heteroatoms. The maximum atomic E-state index is 12.3. The summed E-state index contributed by atoms with van der Waals surface area (Å²) in [5.41, 5.74) is -0.753. The Morgan fingerprint density at radius 1 is 1.25 bits per heavy atom. The molecule has 0 saturated heterocycles. The molecule has 0 N–H and O–H groups in total. The molecule has 1 aromatic carbocycles. The zero-order valence-electron chi connectivity index (χ0n) is 8.15. The van der Waals surface area contributed by atoms with E-state index in [9.17, 15) is 17.6 Å². The van der Waals surface area contributed by atoms with Gasteiger partial charge in [0, 0.05) is 6.42 Å². The van der Waals surface area contributed by atoms with E-state index in [2.05, 4.69) is 15.9 Å². The van der Waals surface area contributed by atoms with Crippen LogP contribution in [-0.2, 0) is 6.18 Å². The molecule has 0 aliphatic rings. The van der Waals surface area contributed by atoms with E-state index < -0.39 is 18.4 Å². The van der Waals surface area contributed by atoms with Gasteiger partial charge in [-0.15, -0.1) is 0 Å². The highest BCUT2D eigenvalue weighted by molar-refractivity contribution is 9.10. The summed E-state index contributed by atoms with van der Waals surface area (Å²) in [7, 11) is 0. The molecule has 1 nitrogen and oxygen atoms in total. The SMILES string of the molecule is FCCCOc1ccc(C(F)(F)F)cc1Br. The summed E-state index contributed by atoms with van der Waals surface area (Å²) in [5.74, 6) is 0.279. The fraction of sp³-hybridized carbons (Fsp3) is 0.400. The second-order valence-corrected chi connectivity index (χ2v) is 3.89. The van der Waals surface area contributed by atoms with Gasteiger partial charge in [-0.3, -0.25) is 4.39 Å². The van der Waals surface area contributed by atoms with Crippen molar-refractivity contribution in [1.82, 2.24) is 0 Å². The molecule has 0 heterocycles. The summed E-state index contributed by atoms with van der Waals surface area (Å²) in [6.45, 7) is -0.376. The van der Waals surface area contributed by atoms with Crippen LogP contribution in [0.15, 0.2) is 22.7 Å². The topological polar surface area (TPSA) is 9.23 Å². The highest BCUT2D eigenvalue weighted by atomic mass is 79.9. The first-order valence-corrected chi connectivity index (χ1v) is 5.30. The van der Waals surface area contributed by atoms with Crippen LogP contribution in [0.3, 0.4) is 0 Å². The molecule has 0 atom stereocenters. The van der Waals surface area contributed by atoms with E-state index in [0.717, 1.165) is 12.1 Å². The van der Waals surface area contributed by atoms with Crippen LogP contribution < -0.4 is 4.74 Å². The molecule has 0 aromatic heterocycles. The first-order chi connectivity index (χ1) is 7.45. The van der Waals surface area contributed by atoms with Crippen molar-refractivity contribution in [3.05, 3.63) is 28.2 Å². The van der Waals surface area contributed by atoms with Crippen LogP contribution in [0.1, 0.15) is 12.0 Å². The average molecular weight is 301 g/mol. The summed E-state index contributed by atoms with van der Waals surface area (Å²) in [4.78, 5) is 0. The Balaban J connectivity index is 2.76. The Morgan fingerprint density at radius 3 is 2.44 bits per heavy atom. The zero-order valence-corrected chi connectivity index (χ0v) is 9.74. The van der Waals surface area contributed by atoms with Crippen LogP contribution in [-0.4, -0.2) is 13.3 Å². The molecule has 1 aromatic rings. The number of hydrogen-bond donors (Lipinski definition) is 0. The number of hydrogen-bond acceptors (Lipinski definition) is 1. The number of rotatable bonds is 4. The molecule has 0 spiro atoms. The normalized spacial score (nSPS) is 11.6. The van der Waals surface area contributed by atoms with Crippen LogP contribution in [0.4, 0.5) is 17.6 Å². The van der Waals surface area contributed by atoms with Crippen LogP contribution >= 0.6 is 15.9 Å². The van der Waals surface area contributed by atoms with Gasteiger partial charge in [0.05, 0.1) is 23.3 Å². The smallest absolute Gasteiger partial charge is 0.416 e. The number of halogens is 5. The lowest BCUT2D eigenvalue weighted by molar-refractivity contribution is -0.137. The third-order valence-corrected chi connectivity index (χ3v) is 2.41. The third-order valence-electron chi connectivity index (χ3n) is 1.79. The average Bonchev–Trinajstić information content (AvgIpc) is 2.19. The second kappa shape index (κ2) is 5.52. The van der Waals surface area contributed by atoms with E-state index in [1.807, 2.05) is 0 Å². The Morgan fingerprint density at radius 2 is 1.94 bits per heavy atom. The summed E-state index contributed by atoms with van der Waals surface area (Å²) in [6, 6.07) is 3.07. The predicted molar refractivity (Wildman–Crippen MR) is 55.2 cm³/mol. The largest absolute Gasteiger partial charge is 0.492 e.